The minimum Gasteiger partial charge on any atom is -0.497 e. The lowest BCUT2D eigenvalue weighted by Gasteiger charge is -2.39. The van der Waals surface area contributed by atoms with Gasteiger partial charge in [-0.2, -0.15) is 0 Å². The first kappa shape index (κ1) is 24.8. The normalized spacial score (nSPS) is 18.1. The van der Waals surface area contributed by atoms with Gasteiger partial charge in [0, 0.05) is 53.7 Å². The largest absolute Gasteiger partial charge is 0.497 e. The van der Waals surface area contributed by atoms with Gasteiger partial charge in [0.1, 0.15) is 5.75 Å². The second-order valence-electron chi connectivity index (χ2n) is 9.02. The predicted molar refractivity (Wildman–Crippen MR) is 134 cm³/mol. The van der Waals surface area contributed by atoms with Gasteiger partial charge in [-0.1, -0.05) is 0 Å². The van der Waals surface area contributed by atoms with Crippen molar-refractivity contribution in [1.29, 1.82) is 0 Å². The second kappa shape index (κ2) is 10.9. The molecule has 7 nitrogen and oxygen atoms in total. The molecule has 0 bridgehead atoms. The molecule has 1 aliphatic rings. The molecule has 1 aliphatic carbocycles. The Balaban J connectivity index is 1.86. The number of carbonyl (C=O) groups excluding carboxylic acids is 1. The molecule has 0 radical (unpaired) electrons. The number of hydrogen-bond donors (Lipinski definition) is 3. The van der Waals surface area contributed by atoms with Crippen molar-refractivity contribution in [2.45, 2.75) is 72.0 Å². The summed E-state index contributed by atoms with van der Waals surface area (Å²) in [4.78, 5) is 30.8. The van der Waals surface area contributed by atoms with Crippen molar-refractivity contribution >= 4 is 11.6 Å². The summed E-state index contributed by atoms with van der Waals surface area (Å²) in [6.45, 7) is 8.94. The van der Waals surface area contributed by atoms with Gasteiger partial charge in [0.25, 0.3) is 11.5 Å². The van der Waals surface area contributed by atoms with Crippen LogP contribution >= 0.6 is 0 Å². The van der Waals surface area contributed by atoms with Crippen LogP contribution in [0.1, 0.15) is 65.3 Å². The molecule has 0 saturated heterocycles. The zero-order valence-corrected chi connectivity index (χ0v) is 20.8. The molecule has 0 aliphatic heterocycles. The van der Waals surface area contributed by atoms with Gasteiger partial charge in [-0.05, 0) is 83.7 Å². The third-order valence-electron chi connectivity index (χ3n) is 6.95. The number of H-pyrrole nitrogens is 1. The summed E-state index contributed by atoms with van der Waals surface area (Å²) in [6, 6.07) is 6.76. The van der Waals surface area contributed by atoms with Crippen LogP contribution in [-0.2, 0) is 6.54 Å². The minimum absolute atomic E-state index is 0.162. The molecule has 3 N–H and O–H groups in total. The molecule has 2 aromatic rings. The van der Waals surface area contributed by atoms with E-state index in [1.54, 1.807) is 13.2 Å². The summed E-state index contributed by atoms with van der Waals surface area (Å²) in [6.07, 6.45) is 4.54. The van der Waals surface area contributed by atoms with E-state index < -0.39 is 0 Å². The average Bonchev–Trinajstić information content (AvgIpc) is 2.80. The highest BCUT2D eigenvalue weighted by atomic mass is 16.5. The first-order chi connectivity index (χ1) is 15.8. The number of carbonyl (C=O) groups is 1. The van der Waals surface area contributed by atoms with Crippen molar-refractivity contribution in [3.05, 3.63) is 56.5 Å². The maximum Gasteiger partial charge on any atom is 0.253 e. The summed E-state index contributed by atoms with van der Waals surface area (Å²) in [5.74, 6) is 0.453. The standard InChI is InChI=1S/C26H38N4O3/c1-7-30(20-10-8-19(27-5)9-11-20)24-14-21(33-6)13-22(18(24)4)25(31)28-15-23-16(2)12-17(3)29-26(23)32/h12-14,19-20,27H,7-11,15H2,1-6H3,(H,28,31)(H,29,32). The summed E-state index contributed by atoms with van der Waals surface area (Å²) in [7, 11) is 3.66. The van der Waals surface area contributed by atoms with Crippen molar-refractivity contribution < 1.29 is 9.53 Å². The summed E-state index contributed by atoms with van der Waals surface area (Å²) < 4.78 is 5.56. The van der Waals surface area contributed by atoms with Crippen LogP contribution in [-0.4, -0.2) is 43.7 Å². The van der Waals surface area contributed by atoms with Crippen molar-refractivity contribution in [3.8, 4) is 5.75 Å². The van der Waals surface area contributed by atoms with Crippen LogP contribution in [0.15, 0.2) is 23.0 Å². The highest BCUT2D eigenvalue weighted by Crippen LogP contribution is 2.34. The van der Waals surface area contributed by atoms with Crippen molar-refractivity contribution in [2.75, 3.05) is 25.6 Å². The minimum atomic E-state index is -0.207. The van der Waals surface area contributed by atoms with E-state index in [-0.39, 0.29) is 18.0 Å². The van der Waals surface area contributed by atoms with Crippen LogP contribution in [0.5, 0.6) is 5.75 Å². The number of hydrogen-bond acceptors (Lipinski definition) is 5. The Morgan fingerprint density at radius 3 is 2.42 bits per heavy atom. The Morgan fingerprint density at radius 1 is 1.15 bits per heavy atom. The summed E-state index contributed by atoms with van der Waals surface area (Å²) in [5.41, 5.74) is 4.64. The molecule has 180 valence electrons. The third kappa shape index (κ3) is 5.58. The third-order valence-corrected chi connectivity index (χ3v) is 6.95. The Kier molecular flexibility index (Phi) is 8.19. The number of nitrogens with zero attached hydrogens (tertiary/aromatic N) is 1. The van der Waals surface area contributed by atoms with Gasteiger partial charge in [0.2, 0.25) is 0 Å². The van der Waals surface area contributed by atoms with Crippen molar-refractivity contribution in [1.82, 2.24) is 15.6 Å². The van der Waals surface area contributed by atoms with Crippen LogP contribution in [0.2, 0.25) is 0 Å². The van der Waals surface area contributed by atoms with Gasteiger partial charge in [0.15, 0.2) is 0 Å². The monoisotopic (exact) mass is 454 g/mol. The molecular weight excluding hydrogens is 416 g/mol. The molecule has 0 spiro atoms. The number of aromatic nitrogens is 1. The van der Waals surface area contributed by atoms with Gasteiger partial charge in [-0.15, -0.1) is 0 Å². The molecule has 3 rings (SSSR count). The topological polar surface area (TPSA) is 86.5 Å². The van der Waals surface area contributed by atoms with Crippen LogP contribution in [0.3, 0.4) is 0 Å². The van der Waals surface area contributed by atoms with E-state index >= 15 is 0 Å². The number of rotatable bonds is 8. The zero-order chi connectivity index (χ0) is 24.1. The number of aromatic amines is 1. The number of pyridine rings is 1. The van der Waals surface area contributed by atoms with Crippen molar-refractivity contribution in [3.63, 3.8) is 0 Å². The van der Waals surface area contributed by atoms with Crippen LogP contribution in [0.4, 0.5) is 5.69 Å². The fraction of sp³-hybridized carbons (Fsp3) is 0.538. The number of anilines is 1. The fourth-order valence-corrected chi connectivity index (χ4v) is 4.99. The maximum atomic E-state index is 13.2. The SMILES string of the molecule is CCN(c1cc(OC)cc(C(=O)NCc2c(C)cc(C)[nH]c2=O)c1C)C1CCC(NC)CC1. The van der Waals surface area contributed by atoms with E-state index in [1.165, 1.54) is 0 Å². The van der Waals surface area contributed by atoms with E-state index in [2.05, 4.69) is 27.4 Å². The lowest BCUT2D eigenvalue weighted by Crippen LogP contribution is -2.42. The van der Waals surface area contributed by atoms with Gasteiger partial charge in [-0.25, -0.2) is 0 Å². The van der Waals surface area contributed by atoms with Crippen molar-refractivity contribution in [2.24, 2.45) is 0 Å². The predicted octanol–water partition coefficient (Wildman–Crippen LogP) is 3.60. The van der Waals surface area contributed by atoms with E-state index in [9.17, 15) is 9.59 Å². The number of benzene rings is 1. The van der Waals surface area contributed by atoms with Gasteiger partial charge in [0.05, 0.1) is 7.11 Å². The Morgan fingerprint density at radius 2 is 1.85 bits per heavy atom. The lowest BCUT2D eigenvalue weighted by atomic mass is 9.89. The van der Waals surface area contributed by atoms with Crippen LogP contribution < -0.4 is 25.8 Å². The van der Waals surface area contributed by atoms with E-state index in [0.29, 0.717) is 29.0 Å². The van der Waals surface area contributed by atoms with E-state index in [4.69, 9.17) is 4.74 Å². The average molecular weight is 455 g/mol. The number of amides is 1. The fourth-order valence-electron chi connectivity index (χ4n) is 4.99. The molecule has 1 aromatic heterocycles. The highest BCUT2D eigenvalue weighted by molar-refractivity contribution is 5.97. The quantitative estimate of drug-likeness (QED) is 0.567. The molecule has 1 aromatic carbocycles. The Labute approximate surface area is 196 Å². The molecule has 1 heterocycles. The zero-order valence-electron chi connectivity index (χ0n) is 20.8. The Bertz CT molecular complexity index is 1040. The molecule has 7 heteroatoms. The number of nitrogens with one attached hydrogen (secondary N) is 3. The van der Waals surface area contributed by atoms with Crippen LogP contribution in [0.25, 0.3) is 0 Å². The molecule has 1 amide bonds. The highest BCUT2D eigenvalue weighted by Gasteiger charge is 2.27. The second-order valence-corrected chi connectivity index (χ2v) is 9.02. The number of aryl methyl sites for hydroxylation is 2. The summed E-state index contributed by atoms with van der Waals surface area (Å²) in [5, 5.41) is 6.34. The molecule has 1 fully saturated rings. The lowest BCUT2D eigenvalue weighted by molar-refractivity contribution is 0.0950. The van der Waals surface area contributed by atoms with Gasteiger partial charge >= 0.3 is 0 Å². The summed E-state index contributed by atoms with van der Waals surface area (Å²) >= 11 is 0. The van der Waals surface area contributed by atoms with E-state index in [1.807, 2.05) is 40.0 Å². The molecule has 1 saturated carbocycles. The molecular formula is C26H38N4O3. The maximum absolute atomic E-state index is 13.2. The van der Waals surface area contributed by atoms with Crippen LogP contribution in [0, 0.1) is 20.8 Å². The first-order valence-corrected chi connectivity index (χ1v) is 11.9. The Hall–Kier alpha value is -2.80. The smallest absolute Gasteiger partial charge is 0.253 e. The molecule has 0 unspecified atom stereocenters. The number of methoxy groups -OCH3 is 1. The first-order valence-electron chi connectivity index (χ1n) is 11.9. The number of ether oxygens (including phenoxy) is 1. The van der Waals surface area contributed by atoms with Gasteiger partial charge < -0.3 is 25.3 Å². The molecule has 33 heavy (non-hydrogen) atoms. The van der Waals surface area contributed by atoms with Gasteiger partial charge in [-0.3, -0.25) is 9.59 Å². The van der Waals surface area contributed by atoms with E-state index in [0.717, 1.165) is 54.7 Å². The molecule has 0 atom stereocenters.